The molecule has 11 nitrogen and oxygen atoms in total. The van der Waals surface area contributed by atoms with Crippen molar-refractivity contribution in [3.8, 4) is 0 Å². The number of aromatic carboxylic acids is 1. The monoisotopic (exact) mass is 486 g/mol. The van der Waals surface area contributed by atoms with E-state index in [1.54, 1.807) is 25.7 Å². The van der Waals surface area contributed by atoms with Crippen LogP contribution < -0.4 is 16.4 Å². The summed E-state index contributed by atoms with van der Waals surface area (Å²) in [5.41, 5.74) is 4.14. The summed E-state index contributed by atoms with van der Waals surface area (Å²) in [6.45, 7) is 5.97. The van der Waals surface area contributed by atoms with Gasteiger partial charge in [-0.1, -0.05) is 30.3 Å². The summed E-state index contributed by atoms with van der Waals surface area (Å²) < 4.78 is 11.8. The SMILES string of the molecule is CC(C)(C)OC(=O)NNc1cc(=O)n(C2CCN(C(=O)OCc3ccccc3)CC2)cc1C(=O)O. The lowest BCUT2D eigenvalue weighted by Crippen LogP contribution is -2.41. The molecule has 2 heterocycles. The number of carbonyl (C=O) groups is 3. The number of piperidine rings is 1. The molecule has 3 N–H and O–H groups in total. The molecule has 0 bridgehead atoms. The van der Waals surface area contributed by atoms with Crippen LogP contribution in [-0.4, -0.2) is 51.4 Å². The summed E-state index contributed by atoms with van der Waals surface area (Å²) in [5.74, 6) is -1.27. The van der Waals surface area contributed by atoms with Crippen LogP contribution in [0.25, 0.3) is 0 Å². The van der Waals surface area contributed by atoms with Crippen molar-refractivity contribution in [1.82, 2.24) is 14.9 Å². The zero-order valence-corrected chi connectivity index (χ0v) is 19.9. The summed E-state index contributed by atoms with van der Waals surface area (Å²) in [5, 5.41) is 9.63. The molecule has 0 atom stereocenters. The number of aromatic nitrogens is 1. The van der Waals surface area contributed by atoms with Gasteiger partial charge in [0.25, 0.3) is 5.56 Å². The molecule has 2 aromatic rings. The summed E-state index contributed by atoms with van der Waals surface area (Å²) >= 11 is 0. The number of hydrazine groups is 1. The zero-order valence-electron chi connectivity index (χ0n) is 19.9. The zero-order chi connectivity index (χ0) is 25.6. The van der Waals surface area contributed by atoms with Gasteiger partial charge in [-0.25, -0.2) is 19.8 Å². The van der Waals surface area contributed by atoms with Crippen LogP contribution >= 0.6 is 0 Å². The Hall–Kier alpha value is -4.02. The minimum absolute atomic E-state index is 0.0634. The van der Waals surface area contributed by atoms with Crippen LogP contribution in [0.1, 0.15) is 55.6 Å². The minimum atomic E-state index is -1.27. The number of rotatable bonds is 6. The number of hydrogen-bond donors (Lipinski definition) is 3. The molecule has 1 saturated heterocycles. The number of anilines is 1. The normalized spacial score (nSPS) is 14.2. The van der Waals surface area contributed by atoms with Crippen LogP contribution in [0.4, 0.5) is 15.3 Å². The maximum Gasteiger partial charge on any atom is 0.426 e. The molecule has 3 rings (SSSR count). The first-order chi connectivity index (χ1) is 16.5. The number of nitrogens with one attached hydrogen (secondary N) is 2. The first-order valence-electron chi connectivity index (χ1n) is 11.2. The lowest BCUT2D eigenvalue weighted by molar-refractivity contribution is 0.0538. The molecule has 11 heteroatoms. The largest absolute Gasteiger partial charge is 0.478 e. The third kappa shape index (κ3) is 7.23. The molecule has 0 saturated carbocycles. The number of pyridine rings is 1. The smallest absolute Gasteiger partial charge is 0.426 e. The van der Waals surface area contributed by atoms with Crippen molar-refractivity contribution < 1.29 is 29.0 Å². The Balaban J connectivity index is 1.62. The van der Waals surface area contributed by atoms with Crippen molar-refractivity contribution >= 4 is 23.8 Å². The number of amides is 2. The molecular weight excluding hydrogens is 456 g/mol. The topological polar surface area (TPSA) is 139 Å². The van der Waals surface area contributed by atoms with Crippen LogP contribution in [0, 0.1) is 0 Å². The highest BCUT2D eigenvalue weighted by Crippen LogP contribution is 2.24. The number of carboxylic acid groups (broad SMARTS) is 1. The summed E-state index contributed by atoms with van der Waals surface area (Å²) in [6.07, 6.45) is 0.922. The van der Waals surface area contributed by atoms with Gasteiger partial charge < -0.3 is 24.0 Å². The lowest BCUT2D eigenvalue weighted by atomic mass is 10.0. The van der Waals surface area contributed by atoms with E-state index in [1.165, 1.54) is 10.8 Å². The number of nitrogens with zero attached hydrogens (tertiary/aromatic N) is 2. The number of benzene rings is 1. The van der Waals surface area contributed by atoms with Crippen LogP contribution in [0.15, 0.2) is 47.4 Å². The highest BCUT2D eigenvalue weighted by molar-refractivity contribution is 5.94. The van der Waals surface area contributed by atoms with Crippen molar-refractivity contribution in [3.05, 3.63) is 64.1 Å². The Morgan fingerprint density at radius 2 is 1.77 bits per heavy atom. The Labute approximate surface area is 202 Å². The summed E-state index contributed by atoms with van der Waals surface area (Å²) in [7, 11) is 0. The second kappa shape index (κ2) is 10.9. The average Bonchev–Trinajstić information content (AvgIpc) is 2.81. The number of ether oxygens (including phenoxy) is 2. The van der Waals surface area contributed by atoms with Gasteiger partial charge in [-0.05, 0) is 39.2 Å². The quantitative estimate of drug-likeness (QED) is 0.528. The second-order valence-corrected chi connectivity index (χ2v) is 9.16. The van der Waals surface area contributed by atoms with Crippen LogP contribution in [0.3, 0.4) is 0 Å². The number of carbonyl (C=O) groups excluding carboxylic acids is 2. The number of carboxylic acids is 1. The van der Waals surface area contributed by atoms with Crippen molar-refractivity contribution in [1.29, 1.82) is 0 Å². The first kappa shape index (κ1) is 25.6. The molecular formula is C24H30N4O7. The van der Waals surface area contributed by atoms with Gasteiger partial charge in [0.2, 0.25) is 0 Å². The summed E-state index contributed by atoms with van der Waals surface area (Å²) in [4.78, 5) is 50.4. The predicted octanol–water partition coefficient (Wildman–Crippen LogP) is 3.37. The second-order valence-electron chi connectivity index (χ2n) is 9.16. The Morgan fingerprint density at radius 1 is 1.11 bits per heavy atom. The molecule has 0 unspecified atom stereocenters. The van der Waals surface area contributed by atoms with E-state index in [9.17, 15) is 24.3 Å². The average molecular weight is 487 g/mol. The molecule has 1 aromatic carbocycles. The van der Waals surface area contributed by atoms with Crippen LogP contribution in [0.5, 0.6) is 0 Å². The maximum atomic E-state index is 12.7. The standard InChI is InChI=1S/C24H30N4O7/c1-24(2,3)35-22(32)26-25-19-13-20(29)28(14-18(19)21(30)31)17-9-11-27(12-10-17)23(33)34-15-16-7-5-4-6-8-16/h4-8,13-14,17,25H,9-12,15H2,1-3H3,(H,26,32)(H,30,31). The van der Waals surface area contributed by atoms with Crippen molar-refractivity contribution in [2.75, 3.05) is 18.5 Å². The van der Waals surface area contributed by atoms with E-state index in [4.69, 9.17) is 9.47 Å². The Kier molecular flexibility index (Phi) is 8.00. The van der Waals surface area contributed by atoms with Gasteiger partial charge in [-0.2, -0.15) is 0 Å². The molecule has 1 aliphatic heterocycles. The van der Waals surface area contributed by atoms with Gasteiger partial charge in [0, 0.05) is 31.4 Å². The van der Waals surface area contributed by atoms with Gasteiger partial charge in [-0.15, -0.1) is 0 Å². The highest BCUT2D eigenvalue weighted by atomic mass is 16.6. The molecule has 188 valence electrons. The van der Waals surface area contributed by atoms with Gasteiger partial charge in [0.1, 0.15) is 17.8 Å². The number of likely N-dealkylation sites (tertiary alicyclic amines) is 1. The van der Waals surface area contributed by atoms with Crippen molar-refractivity contribution in [2.24, 2.45) is 0 Å². The molecule has 0 aliphatic carbocycles. The van der Waals surface area contributed by atoms with E-state index >= 15 is 0 Å². The Bertz CT molecular complexity index is 1120. The fourth-order valence-electron chi connectivity index (χ4n) is 3.67. The maximum absolute atomic E-state index is 12.7. The first-order valence-corrected chi connectivity index (χ1v) is 11.2. The fourth-order valence-corrected chi connectivity index (χ4v) is 3.67. The lowest BCUT2D eigenvalue weighted by Gasteiger charge is -2.32. The summed E-state index contributed by atoms with van der Waals surface area (Å²) in [6, 6.07) is 10.2. The van der Waals surface area contributed by atoms with E-state index < -0.39 is 29.3 Å². The van der Waals surface area contributed by atoms with E-state index in [-0.39, 0.29) is 23.9 Å². The minimum Gasteiger partial charge on any atom is -0.478 e. The molecule has 35 heavy (non-hydrogen) atoms. The number of hydrogen-bond acceptors (Lipinski definition) is 7. The van der Waals surface area contributed by atoms with Gasteiger partial charge >= 0.3 is 18.2 Å². The Morgan fingerprint density at radius 3 is 2.37 bits per heavy atom. The van der Waals surface area contributed by atoms with Crippen molar-refractivity contribution in [2.45, 2.75) is 51.9 Å². The van der Waals surface area contributed by atoms with Gasteiger partial charge in [0.15, 0.2) is 0 Å². The molecule has 1 fully saturated rings. The van der Waals surface area contributed by atoms with Gasteiger partial charge in [0.05, 0.1) is 5.69 Å². The predicted molar refractivity (Wildman–Crippen MR) is 127 cm³/mol. The van der Waals surface area contributed by atoms with Crippen molar-refractivity contribution in [3.63, 3.8) is 0 Å². The molecule has 0 radical (unpaired) electrons. The van der Waals surface area contributed by atoms with E-state index in [1.807, 2.05) is 30.3 Å². The fraction of sp³-hybridized carbons (Fsp3) is 0.417. The van der Waals surface area contributed by atoms with Crippen LogP contribution in [0.2, 0.25) is 0 Å². The van der Waals surface area contributed by atoms with E-state index in [0.29, 0.717) is 25.9 Å². The van der Waals surface area contributed by atoms with Gasteiger partial charge in [-0.3, -0.25) is 10.2 Å². The van der Waals surface area contributed by atoms with E-state index in [0.717, 1.165) is 11.6 Å². The van der Waals surface area contributed by atoms with E-state index in [2.05, 4.69) is 10.9 Å². The molecule has 0 spiro atoms. The molecule has 1 aliphatic rings. The third-order valence-corrected chi connectivity index (χ3v) is 5.33. The third-order valence-electron chi connectivity index (χ3n) is 5.33. The van der Waals surface area contributed by atoms with Crippen LogP contribution in [-0.2, 0) is 16.1 Å². The highest BCUT2D eigenvalue weighted by Gasteiger charge is 2.27. The molecule has 1 aromatic heterocycles. The molecule has 2 amide bonds.